The number of hydrogen-bond acceptors (Lipinski definition) is 5. The molecular formula is C20H25ClN2O5S2. The maximum atomic E-state index is 12.8. The minimum absolute atomic E-state index is 0.178. The smallest absolute Gasteiger partial charge is 0.244 e. The van der Waals surface area contributed by atoms with Crippen LogP contribution in [0.2, 0.25) is 5.02 Å². The molecule has 0 aliphatic heterocycles. The average molecular weight is 473 g/mol. The molecule has 0 heterocycles. The number of nitrogens with one attached hydrogen (secondary N) is 1. The van der Waals surface area contributed by atoms with Gasteiger partial charge in [-0.05, 0) is 56.2 Å². The topological polar surface area (TPSA) is 101 Å². The highest BCUT2D eigenvalue weighted by Crippen LogP contribution is 2.27. The fourth-order valence-electron chi connectivity index (χ4n) is 2.95. The van der Waals surface area contributed by atoms with Crippen LogP contribution < -0.4 is 9.62 Å². The fraction of sp³-hybridized carbons (Fsp3) is 0.350. The maximum Gasteiger partial charge on any atom is 0.244 e. The number of sulfonamides is 1. The van der Waals surface area contributed by atoms with E-state index in [4.69, 9.17) is 11.6 Å². The molecule has 164 valence electrons. The number of aryl methyl sites for hydroxylation is 1. The van der Waals surface area contributed by atoms with E-state index in [0.717, 1.165) is 22.4 Å². The number of rotatable bonds is 7. The van der Waals surface area contributed by atoms with Gasteiger partial charge in [0.2, 0.25) is 15.9 Å². The lowest BCUT2D eigenvalue weighted by molar-refractivity contribution is -0.122. The fourth-order valence-corrected chi connectivity index (χ4v) is 4.92. The Bertz CT molecular complexity index is 1150. The second-order valence-corrected chi connectivity index (χ2v) is 11.5. The van der Waals surface area contributed by atoms with Gasteiger partial charge >= 0.3 is 0 Å². The lowest BCUT2D eigenvalue weighted by atomic mass is 10.1. The highest BCUT2D eigenvalue weighted by molar-refractivity contribution is 7.92. The van der Waals surface area contributed by atoms with Crippen LogP contribution in [0.3, 0.4) is 0 Å². The Balaban J connectivity index is 2.25. The predicted molar refractivity (Wildman–Crippen MR) is 119 cm³/mol. The van der Waals surface area contributed by atoms with E-state index in [2.05, 4.69) is 5.32 Å². The third-order valence-corrected chi connectivity index (χ3v) is 7.44. The molecule has 0 fully saturated rings. The van der Waals surface area contributed by atoms with Crippen molar-refractivity contribution in [2.24, 2.45) is 0 Å². The molecule has 0 spiro atoms. The molecule has 2 unspecified atom stereocenters. The van der Waals surface area contributed by atoms with Crippen LogP contribution in [-0.4, -0.2) is 41.3 Å². The van der Waals surface area contributed by atoms with Crippen molar-refractivity contribution < 1.29 is 21.6 Å². The van der Waals surface area contributed by atoms with Crippen LogP contribution in [0.5, 0.6) is 0 Å². The number of carbonyl (C=O) groups excluding carboxylic acids is 1. The van der Waals surface area contributed by atoms with Crippen LogP contribution in [0.1, 0.15) is 31.0 Å². The zero-order valence-corrected chi connectivity index (χ0v) is 19.8. The number of benzene rings is 2. The first-order valence-corrected chi connectivity index (χ1v) is 13.2. The summed E-state index contributed by atoms with van der Waals surface area (Å²) in [6, 6.07) is 9.45. The van der Waals surface area contributed by atoms with Gasteiger partial charge in [0.1, 0.15) is 6.04 Å². The van der Waals surface area contributed by atoms with Crippen molar-refractivity contribution in [1.82, 2.24) is 5.32 Å². The molecule has 2 aromatic carbocycles. The Hall–Kier alpha value is -2.10. The summed E-state index contributed by atoms with van der Waals surface area (Å²) in [5.74, 6) is -0.503. The number of halogens is 1. The van der Waals surface area contributed by atoms with Crippen LogP contribution in [-0.2, 0) is 24.7 Å². The Labute approximate surface area is 183 Å². The van der Waals surface area contributed by atoms with Crippen molar-refractivity contribution in [2.45, 2.75) is 37.8 Å². The van der Waals surface area contributed by atoms with Crippen molar-refractivity contribution in [2.75, 3.05) is 16.8 Å². The van der Waals surface area contributed by atoms with Gasteiger partial charge in [0.05, 0.1) is 22.9 Å². The standard InChI is InChI=1S/C20H25ClN2O5S2/c1-13-6-9-17(12-19(13)21)23(30(5,27)28)15(3)20(24)22-14(2)16-7-10-18(11-8-16)29(4,25)26/h6-12,14-15H,1-5H3,(H,22,24). The summed E-state index contributed by atoms with van der Waals surface area (Å²) in [6.07, 6.45) is 2.14. The van der Waals surface area contributed by atoms with E-state index >= 15 is 0 Å². The largest absolute Gasteiger partial charge is 0.348 e. The van der Waals surface area contributed by atoms with E-state index in [1.165, 1.54) is 25.1 Å². The van der Waals surface area contributed by atoms with Gasteiger partial charge < -0.3 is 5.32 Å². The normalized spacial score (nSPS) is 14.1. The van der Waals surface area contributed by atoms with Gasteiger partial charge in [-0.25, -0.2) is 16.8 Å². The van der Waals surface area contributed by atoms with Gasteiger partial charge in [0.25, 0.3) is 0 Å². The quantitative estimate of drug-likeness (QED) is 0.667. The van der Waals surface area contributed by atoms with Crippen molar-refractivity contribution in [3.63, 3.8) is 0 Å². The summed E-state index contributed by atoms with van der Waals surface area (Å²) in [5.41, 5.74) is 1.77. The summed E-state index contributed by atoms with van der Waals surface area (Å²) in [7, 11) is -7.09. The van der Waals surface area contributed by atoms with Crippen molar-refractivity contribution in [1.29, 1.82) is 0 Å². The summed E-state index contributed by atoms with van der Waals surface area (Å²) in [5, 5.41) is 3.17. The highest BCUT2D eigenvalue weighted by atomic mass is 35.5. The van der Waals surface area contributed by atoms with E-state index in [-0.39, 0.29) is 4.90 Å². The number of nitrogens with zero attached hydrogens (tertiary/aromatic N) is 1. The molecule has 7 nitrogen and oxygen atoms in total. The molecule has 0 saturated carbocycles. The number of hydrogen-bond donors (Lipinski definition) is 1. The first-order valence-electron chi connectivity index (χ1n) is 9.07. The third-order valence-electron chi connectivity index (χ3n) is 4.67. The van der Waals surface area contributed by atoms with Crippen molar-refractivity contribution in [3.05, 3.63) is 58.6 Å². The molecule has 2 rings (SSSR count). The molecule has 2 aromatic rings. The molecule has 0 radical (unpaired) electrons. The summed E-state index contributed by atoms with van der Waals surface area (Å²) < 4.78 is 49.0. The van der Waals surface area contributed by atoms with Gasteiger partial charge in [-0.15, -0.1) is 0 Å². The van der Waals surface area contributed by atoms with Crippen molar-refractivity contribution >= 4 is 43.1 Å². The van der Waals surface area contributed by atoms with Gasteiger partial charge in [-0.1, -0.05) is 29.8 Å². The summed E-state index contributed by atoms with van der Waals surface area (Å²) >= 11 is 6.14. The average Bonchev–Trinajstić information content (AvgIpc) is 2.63. The van der Waals surface area contributed by atoms with E-state index in [1.54, 1.807) is 38.1 Å². The highest BCUT2D eigenvalue weighted by Gasteiger charge is 2.30. The zero-order chi connectivity index (χ0) is 22.9. The molecule has 1 amide bonds. The molecule has 1 N–H and O–H groups in total. The van der Waals surface area contributed by atoms with E-state index < -0.39 is 37.9 Å². The molecular weight excluding hydrogens is 448 g/mol. The summed E-state index contributed by atoms with van der Waals surface area (Å²) in [6.45, 7) is 5.01. The van der Waals surface area contributed by atoms with Crippen LogP contribution in [0.15, 0.2) is 47.4 Å². The van der Waals surface area contributed by atoms with E-state index in [1.807, 2.05) is 0 Å². The Morgan fingerprint density at radius 3 is 2.03 bits per heavy atom. The summed E-state index contributed by atoms with van der Waals surface area (Å²) in [4.78, 5) is 13.0. The Morgan fingerprint density at radius 2 is 1.57 bits per heavy atom. The third kappa shape index (κ3) is 5.74. The molecule has 0 aliphatic carbocycles. The Morgan fingerprint density at radius 1 is 1.00 bits per heavy atom. The van der Waals surface area contributed by atoms with Gasteiger partial charge in [-0.3, -0.25) is 9.10 Å². The maximum absolute atomic E-state index is 12.8. The second-order valence-electron chi connectivity index (χ2n) is 7.24. The van der Waals surface area contributed by atoms with Crippen LogP contribution in [0.25, 0.3) is 0 Å². The van der Waals surface area contributed by atoms with Crippen molar-refractivity contribution in [3.8, 4) is 0 Å². The molecule has 10 heteroatoms. The lowest BCUT2D eigenvalue weighted by Crippen LogP contribution is -2.48. The second kappa shape index (κ2) is 8.95. The molecule has 0 aliphatic rings. The zero-order valence-electron chi connectivity index (χ0n) is 17.4. The minimum atomic E-state index is -3.77. The monoisotopic (exact) mass is 472 g/mol. The number of amides is 1. The first kappa shape index (κ1) is 24.2. The number of anilines is 1. The van der Waals surface area contributed by atoms with E-state index in [0.29, 0.717) is 16.3 Å². The molecule has 2 atom stereocenters. The lowest BCUT2D eigenvalue weighted by Gasteiger charge is -2.29. The minimum Gasteiger partial charge on any atom is -0.348 e. The van der Waals surface area contributed by atoms with Gasteiger partial charge in [0, 0.05) is 11.3 Å². The Kier molecular flexibility index (Phi) is 7.21. The number of carbonyl (C=O) groups is 1. The van der Waals surface area contributed by atoms with Gasteiger partial charge in [0.15, 0.2) is 9.84 Å². The first-order chi connectivity index (χ1) is 13.7. The van der Waals surface area contributed by atoms with Crippen LogP contribution >= 0.6 is 11.6 Å². The predicted octanol–water partition coefficient (Wildman–Crippen LogP) is 3.08. The molecule has 0 saturated heterocycles. The number of sulfone groups is 1. The molecule has 0 aromatic heterocycles. The molecule has 30 heavy (non-hydrogen) atoms. The van der Waals surface area contributed by atoms with Crippen LogP contribution in [0, 0.1) is 6.92 Å². The molecule has 0 bridgehead atoms. The SMILES string of the molecule is Cc1ccc(N(C(C)C(=O)NC(C)c2ccc(S(C)(=O)=O)cc2)S(C)(=O)=O)cc1Cl. The van der Waals surface area contributed by atoms with Gasteiger partial charge in [-0.2, -0.15) is 0 Å². The van der Waals surface area contributed by atoms with Crippen LogP contribution in [0.4, 0.5) is 5.69 Å². The van der Waals surface area contributed by atoms with E-state index in [9.17, 15) is 21.6 Å².